The summed E-state index contributed by atoms with van der Waals surface area (Å²) in [5.41, 5.74) is 1.34. The lowest BCUT2D eigenvalue weighted by Crippen LogP contribution is -2.31. The fourth-order valence-electron chi connectivity index (χ4n) is 3.47. The normalized spacial score (nSPS) is 46.5. The van der Waals surface area contributed by atoms with Gasteiger partial charge in [0.05, 0.1) is 5.71 Å². The zero-order valence-electron chi connectivity index (χ0n) is 8.36. The van der Waals surface area contributed by atoms with Crippen LogP contribution >= 0.6 is 0 Å². The van der Waals surface area contributed by atoms with Crippen LogP contribution in [-0.2, 0) is 4.84 Å². The first-order chi connectivity index (χ1) is 6.27. The molecule has 0 aromatic rings. The number of oxime groups is 1. The molecule has 2 heteroatoms. The van der Waals surface area contributed by atoms with E-state index in [1.54, 1.807) is 0 Å². The molecule has 4 atom stereocenters. The molecule has 0 spiro atoms. The van der Waals surface area contributed by atoms with Crippen LogP contribution in [0, 0.1) is 23.7 Å². The minimum absolute atomic E-state index is 0.469. The molecular formula is C11H17NO. The van der Waals surface area contributed by atoms with Crippen LogP contribution in [0.25, 0.3) is 0 Å². The highest BCUT2D eigenvalue weighted by molar-refractivity contribution is 5.90. The lowest BCUT2D eigenvalue weighted by Gasteiger charge is -2.24. The maximum absolute atomic E-state index is 5.57. The molecule has 0 amide bonds. The molecule has 0 aromatic heterocycles. The Hall–Kier alpha value is -0.530. The molecule has 2 saturated carbocycles. The second kappa shape index (κ2) is 2.49. The molecule has 0 saturated heterocycles. The standard InChI is InChI=1S/C11H17NO/c1-6(2)10-9-7-3-4-8(5-7)11(9)13-12-10/h6-9,11H,3-5H2,1-2H3. The Balaban J connectivity index is 1.89. The average Bonchev–Trinajstić information content (AvgIpc) is 2.76. The van der Waals surface area contributed by atoms with Gasteiger partial charge in [0.2, 0.25) is 0 Å². The largest absolute Gasteiger partial charge is 0.392 e. The highest BCUT2D eigenvalue weighted by Gasteiger charge is 2.54. The molecule has 3 aliphatic rings. The average molecular weight is 179 g/mol. The van der Waals surface area contributed by atoms with E-state index in [1.807, 2.05) is 0 Å². The van der Waals surface area contributed by atoms with Gasteiger partial charge in [0.25, 0.3) is 0 Å². The Morgan fingerprint density at radius 3 is 2.85 bits per heavy atom. The molecule has 0 radical (unpaired) electrons. The third kappa shape index (κ3) is 0.918. The highest BCUT2D eigenvalue weighted by Crippen LogP contribution is 2.53. The first kappa shape index (κ1) is 7.84. The van der Waals surface area contributed by atoms with Crippen molar-refractivity contribution in [2.24, 2.45) is 28.8 Å². The van der Waals surface area contributed by atoms with E-state index in [1.165, 1.54) is 25.0 Å². The van der Waals surface area contributed by atoms with E-state index in [4.69, 9.17) is 4.84 Å². The number of nitrogens with zero attached hydrogens (tertiary/aromatic N) is 1. The van der Waals surface area contributed by atoms with E-state index < -0.39 is 0 Å². The molecule has 2 aliphatic carbocycles. The number of hydrogen-bond acceptors (Lipinski definition) is 2. The molecule has 3 rings (SSSR count). The van der Waals surface area contributed by atoms with Gasteiger partial charge in [-0.25, -0.2) is 0 Å². The molecule has 4 unspecified atom stereocenters. The van der Waals surface area contributed by atoms with Gasteiger partial charge in [-0.2, -0.15) is 0 Å². The zero-order valence-corrected chi connectivity index (χ0v) is 8.36. The third-order valence-corrected chi connectivity index (χ3v) is 4.05. The van der Waals surface area contributed by atoms with Crippen molar-refractivity contribution in [3.63, 3.8) is 0 Å². The van der Waals surface area contributed by atoms with Crippen molar-refractivity contribution in [2.45, 2.75) is 39.2 Å². The van der Waals surface area contributed by atoms with E-state index in [9.17, 15) is 0 Å². The molecule has 2 nitrogen and oxygen atoms in total. The van der Waals surface area contributed by atoms with Crippen LogP contribution in [0.3, 0.4) is 0 Å². The summed E-state index contributed by atoms with van der Waals surface area (Å²) in [6.45, 7) is 4.47. The molecular weight excluding hydrogens is 162 g/mol. The van der Waals surface area contributed by atoms with Crippen molar-refractivity contribution in [3.8, 4) is 0 Å². The topological polar surface area (TPSA) is 21.6 Å². The van der Waals surface area contributed by atoms with Crippen LogP contribution in [0.1, 0.15) is 33.1 Å². The summed E-state index contributed by atoms with van der Waals surface area (Å²) >= 11 is 0. The number of rotatable bonds is 1. The quantitative estimate of drug-likeness (QED) is 0.606. The predicted octanol–water partition coefficient (Wildman–Crippen LogP) is 2.44. The van der Waals surface area contributed by atoms with Crippen molar-refractivity contribution < 1.29 is 4.84 Å². The third-order valence-electron chi connectivity index (χ3n) is 4.05. The second-order valence-electron chi connectivity index (χ2n) is 5.10. The molecule has 0 aromatic carbocycles. The SMILES string of the molecule is CC(C)C1=NOC2C3CCC(C3)C12. The molecule has 2 fully saturated rings. The van der Waals surface area contributed by atoms with E-state index in [0.29, 0.717) is 17.9 Å². The summed E-state index contributed by atoms with van der Waals surface area (Å²) in [4.78, 5) is 5.57. The summed E-state index contributed by atoms with van der Waals surface area (Å²) < 4.78 is 0. The van der Waals surface area contributed by atoms with Crippen LogP contribution in [-0.4, -0.2) is 11.8 Å². The maximum Gasteiger partial charge on any atom is 0.138 e. The van der Waals surface area contributed by atoms with Gasteiger partial charge < -0.3 is 4.84 Å². The maximum atomic E-state index is 5.57. The van der Waals surface area contributed by atoms with Gasteiger partial charge in [0, 0.05) is 5.92 Å². The van der Waals surface area contributed by atoms with Gasteiger partial charge in [-0.1, -0.05) is 19.0 Å². The Labute approximate surface area is 79.3 Å². The van der Waals surface area contributed by atoms with Gasteiger partial charge in [0.15, 0.2) is 0 Å². The number of hydrogen-bond donors (Lipinski definition) is 0. The van der Waals surface area contributed by atoms with E-state index in [2.05, 4.69) is 19.0 Å². The fourth-order valence-corrected chi connectivity index (χ4v) is 3.47. The highest BCUT2D eigenvalue weighted by atomic mass is 16.6. The fraction of sp³-hybridized carbons (Fsp3) is 0.909. The molecule has 1 aliphatic heterocycles. The number of fused-ring (bicyclic) bond motifs is 5. The van der Waals surface area contributed by atoms with Gasteiger partial charge >= 0.3 is 0 Å². The Bertz CT molecular complexity index is 259. The Morgan fingerprint density at radius 1 is 1.31 bits per heavy atom. The summed E-state index contributed by atoms with van der Waals surface area (Å²) in [7, 11) is 0. The monoisotopic (exact) mass is 179 g/mol. The van der Waals surface area contributed by atoms with Crippen molar-refractivity contribution in [2.75, 3.05) is 0 Å². The van der Waals surface area contributed by atoms with Crippen molar-refractivity contribution in [1.29, 1.82) is 0 Å². The van der Waals surface area contributed by atoms with Crippen LogP contribution in [0.4, 0.5) is 0 Å². The summed E-state index contributed by atoms with van der Waals surface area (Å²) in [6, 6.07) is 0. The van der Waals surface area contributed by atoms with Crippen molar-refractivity contribution in [1.82, 2.24) is 0 Å². The van der Waals surface area contributed by atoms with E-state index in [0.717, 1.165) is 11.8 Å². The van der Waals surface area contributed by atoms with Crippen LogP contribution < -0.4 is 0 Å². The molecule has 1 heterocycles. The lowest BCUT2D eigenvalue weighted by atomic mass is 9.80. The van der Waals surface area contributed by atoms with Gasteiger partial charge in [0.1, 0.15) is 6.10 Å². The van der Waals surface area contributed by atoms with E-state index in [-0.39, 0.29) is 0 Å². The first-order valence-corrected chi connectivity index (χ1v) is 5.51. The van der Waals surface area contributed by atoms with E-state index >= 15 is 0 Å². The Morgan fingerprint density at radius 2 is 2.08 bits per heavy atom. The lowest BCUT2D eigenvalue weighted by molar-refractivity contribution is 0.0275. The molecule has 2 bridgehead atoms. The summed E-state index contributed by atoms with van der Waals surface area (Å²) in [6.07, 6.45) is 4.67. The van der Waals surface area contributed by atoms with Crippen LogP contribution in [0.15, 0.2) is 5.16 Å². The molecule has 72 valence electrons. The van der Waals surface area contributed by atoms with Gasteiger partial charge in [-0.05, 0) is 37.0 Å². The van der Waals surface area contributed by atoms with Crippen LogP contribution in [0.2, 0.25) is 0 Å². The smallest absolute Gasteiger partial charge is 0.138 e. The molecule has 0 N–H and O–H groups in total. The van der Waals surface area contributed by atoms with Gasteiger partial charge in [-0.15, -0.1) is 0 Å². The second-order valence-corrected chi connectivity index (χ2v) is 5.10. The minimum atomic E-state index is 0.469. The van der Waals surface area contributed by atoms with Crippen molar-refractivity contribution >= 4 is 5.71 Å². The zero-order chi connectivity index (χ0) is 9.00. The summed E-state index contributed by atoms with van der Waals surface area (Å²) in [5.74, 6) is 3.00. The summed E-state index contributed by atoms with van der Waals surface area (Å²) in [5, 5.41) is 4.28. The Kier molecular flexibility index (Phi) is 1.50. The minimum Gasteiger partial charge on any atom is -0.392 e. The molecule has 13 heavy (non-hydrogen) atoms. The van der Waals surface area contributed by atoms with Crippen molar-refractivity contribution in [3.05, 3.63) is 0 Å². The predicted molar refractivity (Wildman–Crippen MR) is 51.5 cm³/mol. The first-order valence-electron chi connectivity index (χ1n) is 5.51. The van der Waals surface area contributed by atoms with Gasteiger partial charge in [-0.3, -0.25) is 0 Å². The van der Waals surface area contributed by atoms with Crippen LogP contribution in [0.5, 0.6) is 0 Å².